The molecule has 13 heteroatoms. The monoisotopic (exact) mass is 613 g/mol. The Morgan fingerprint density at radius 1 is 1.00 bits per heavy atom. The Morgan fingerprint density at radius 2 is 1.63 bits per heavy atom. The molecule has 3 aromatic rings. The second-order valence-corrected chi connectivity index (χ2v) is 11.5. The van der Waals surface area contributed by atoms with Crippen LogP contribution in [-0.2, 0) is 38.8 Å². The molecule has 0 aromatic heterocycles. The normalized spacial score (nSPS) is 12.5. The highest BCUT2D eigenvalue weighted by atomic mass is 35.5. The van der Waals surface area contributed by atoms with E-state index in [9.17, 15) is 35.6 Å². The SMILES string of the molecule is CCNC(=O)[C@H](Cc1ccccc1)N(Cc1ccccc1F)C(=O)CN(c1cc(C(F)(F)F)ccc1Cl)S(C)(=O)=O. The predicted octanol–water partition coefficient (Wildman–Crippen LogP) is 5.04. The number of benzene rings is 3. The van der Waals surface area contributed by atoms with Crippen LogP contribution >= 0.6 is 11.6 Å². The molecule has 220 valence electrons. The molecule has 0 spiro atoms. The molecule has 3 rings (SSSR count). The Hall–Kier alpha value is -3.64. The number of amides is 2. The zero-order chi connectivity index (χ0) is 30.4. The molecular weight excluding hydrogens is 586 g/mol. The Bertz CT molecular complexity index is 1490. The summed E-state index contributed by atoms with van der Waals surface area (Å²) in [6, 6.07) is 15.1. The minimum Gasteiger partial charge on any atom is -0.355 e. The second kappa shape index (κ2) is 13.3. The van der Waals surface area contributed by atoms with Crippen LogP contribution in [0.3, 0.4) is 0 Å². The average molecular weight is 614 g/mol. The topological polar surface area (TPSA) is 86.8 Å². The fraction of sp³-hybridized carbons (Fsp3) is 0.286. The Labute approximate surface area is 240 Å². The van der Waals surface area contributed by atoms with Gasteiger partial charge < -0.3 is 10.2 Å². The first-order chi connectivity index (χ1) is 19.2. The summed E-state index contributed by atoms with van der Waals surface area (Å²) in [7, 11) is -4.37. The van der Waals surface area contributed by atoms with Crippen molar-refractivity contribution in [1.82, 2.24) is 10.2 Å². The third-order valence-electron chi connectivity index (χ3n) is 6.14. The number of carbonyl (C=O) groups is 2. The number of sulfonamides is 1. The maximum Gasteiger partial charge on any atom is 0.416 e. The van der Waals surface area contributed by atoms with Crippen molar-refractivity contribution >= 4 is 39.1 Å². The van der Waals surface area contributed by atoms with Crippen molar-refractivity contribution in [3.8, 4) is 0 Å². The summed E-state index contributed by atoms with van der Waals surface area (Å²) in [4.78, 5) is 28.2. The van der Waals surface area contributed by atoms with E-state index in [2.05, 4.69) is 5.32 Å². The molecule has 0 radical (unpaired) electrons. The van der Waals surface area contributed by atoms with Crippen molar-refractivity contribution in [2.45, 2.75) is 32.1 Å². The number of hydrogen-bond donors (Lipinski definition) is 1. The summed E-state index contributed by atoms with van der Waals surface area (Å²) in [5.74, 6) is -2.20. The average Bonchev–Trinajstić information content (AvgIpc) is 2.90. The summed E-state index contributed by atoms with van der Waals surface area (Å²) in [6.45, 7) is 0.454. The largest absolute Gasteiger partial charge is 0.416 e. The Balaban J connectivity index is 2.11. The number of nitrogens with one attached hydrogen (secondary N) is 1. The highest BCUT2D eigenvalue weighted by Crippen LogP contribution is 2.36. The van der Waals surface area contributed by atoms with Gasteiger partial charge in [0.15, 0.2) is 0 Å². The number of nitrogens with zero attached hydrogens (tertiary/aromatic N) is 2. The predicted molar refractivity (Wildman–Crippen MR) is 148 cm³/mol. The smallest absolute Gasteiger partial charge is 0.355 e. The summed E-state index contributed by atoms with van der Waals surface area (Å²) in [5.41, 5.74) is -1.03. The molecule has 3 aromatic carbocycles. The molecule has 1 N–H and O–H groups in total. The van der Waals surface area contributed by atoms with Crippen LogP contribution in [0.2, 0.25) is 5.02 Å². The van der Waals surface area contributed by atoms with Crippen molar-refractivity contribution in [3.63, 3.8) is 0 Å². The zero-order valence-corrected chi connectivity index (χ0v) is 23.7. The van der Waals surface area contributed by atoms with E-state index in [4.69, 9.17) is 11.6 Å². The van der Waals surface area contributed by atoms with Crippen molar-refractivity contribution < 1.29 is 35.6 Å². The Morgan fingerprint density at radius 3 is 2.22 bits per heavy atom. The van der Waals surface area contributed by atoms with Gasteiger partial charge in [0.2, 0.25) is 21.8 Å². The van der Waals surface area contributed by atoms with Gasteiger partial charge in [-0.1, -0.05) is 60.1 Å². The number of likely N-dealkylation sites (N-methyl/N-ethyl adjacent to an activating group) is 1. The van der Waals surface area contributed by atoms with Crippen molar-refractivity contribution in [3.05, 3.63) is 100 Å². The fourth-order valence-electron chi connectivity index (χ4n) is 4.13. The van der Waals surface area contributed by atoms with E-state index in [1.807, 2.05) is 0 Å². The molecule has 7 nitrogen and oxygen atoms in total. The molecule has 1 atom stereocenters. The van der Waals surface area contributed by atoms with E-state index < -0.39 is 64.2 Å². The standard InChI is InChI=1S/C28H28ClF4N3O4S/c1-3-34-27(38)25(15-19-9-5-4-6-10-19)35(17-20-11-7-8-12-23(20)30)26(37)18-36(41(2,39)40)24-16-21(28(31,32)33)13-14-22(24)29/h4-14,16,25H,3,15,17-18H2,1-2H3,(H,34,38)/t25-/m0/s1. The Kier molecular flexibility index (Phi) is 10.4. The van der Waals surface area contributed by atoms with Gasteiger partial charge >= 0.3 is 6.18 Å². The number of hydrogen-bond acceptors (Lipinski definition) is 4. The molecule has 2 amide bonds. The lowest BCUT2D eigenvalue weighted by molar-refractivity contribution is -0.140. The highest BCUT2D eigenvalue weighted by Gasteiger charge is 2.36. The molecule has 0 aliphatic heterocycles. The van der Waals surface area contributed by atoms with Crippen LogP contribution in [0.4, 0.5) is 23.2 Å². The van der Waals surface area contributed by atoms with Crippen LogP contribution in [0.25, 0.3) is 0 Å². The lowest BCUT2D eigenvalue weighted by Gasteiger charge is -2.33. The van der Waals surface area contributed by atoms with E-state index in [1.165, 1.54) is 24.3 Å². The van der Waals surface area contributed by atoms with E-state index in [0.717, 1.165) is 11.0 Å². The quantitative estimate of drug-likeness (QED) is 0.307. The van der Waals surface area contributed by atoms with Crippen LogP contribution in [-0.4, -0.2) is 50.5 Å². The van der Waals surface area contributed by atoms with Gasteiger partial charge in [0.1, 0.15) is 18.4 Å². The summed E-state index contributed by atoms with van der Waals surface area (Å²) in [6.07, 6.45) is -4.11. The molecule has 0 unspecified atom stereocenters. The first kappa shape index (κ1) is 31.9. The summed E-state index contributed by atoms with van der Waals surface area (Å²) >= 11 is 6.11. The van der Waals surface area contributed by atoms with Gasteiger partial charge in [0.25, 0.3) is 0 Å². The molecule has 0 bridgehead atoms. The molecule has 0 saturated heterocycles. The maximum atomic E-state index is 14.7. The zero-order valence-electron chi connectivity index (χ0n) is 22.2. The van der Waals surface area contributed by atoms with Crippen molar-refractivity contribution in [1.29, 1.82) is 0 Å². The van der Waals surface area contributed by atoms with Crippen LogP contribution in [0.15, 0.2) is 72.8 Å². The number of halogens is 5. The fourth-order valence-corrected chi connectivity index (χ4v) is 5.25. The first-order valence-electron chi connectivity index (χ1n) is 12.4. The molecule has 0 aliphatic rings. The van der Waals surface area contributed by atoms with Gasteiger partial charge in [0, 0.05) is 25.1 Å². The van der Waals surface area contributed by atoms with Crippen molar-refractivity contribution in [2.75, 3.05) is 23.7 Å². The van der Waals surface area contributed by atoms with Crippen molar-refractivity contribution in [2.24, 2.45) is 0 Å². The van der Waals surface area contributed by atoms with Gasteiger partial charge in [-0.2, -0.15) is 13.2 Å². The molecule has 0 fully saturated rings. The minimum atomic E-state index is -4.82. The molecule has 0 heterocycles. The third kappa shape index (κ3) is 8.43. The van der Waals surface area contributed by atoms with E-state index in [1.54, 1.807) is 37.3 Å². The maximum absolute atomic E-state index is 14.7. The molecule has 0 aliphatic carbocycles. The number of anilines is 1. The van der Waals surface area contributed by atoms with Gasteiger partial charge in [-0.15, -0.1) is 0 Å². The van der Waals surface area contributed by atoms with Gasteiger partial charge in [0.05, 0.1) is 22.5 Å². The third-order valence-corrected chi connectivity index (χ3v) is 7.59. The lowest BCUT2D eigenvalue weighted by Crippen LogP contribution is -2.53. The van der Waals surface area contributed by atoms with E-state index in [-0.39, 0.29) is 23.6 Å². The number of alkyl halides is 3. The lowest BCUT2D eigenvalue weighted by atomic mass is 10.0. The minimum absolute atomic E-state index is 0.00391. The summed E-state index contributed by atoms with van der Waals surface area (Å²) in [5, 5.41) is 2.30. The highest BCUT2D eigenvalue weighted by molar-refractivity contribution is 7.92. The van der Waals surface area contributed by atoms with Crippen LogP contribution in [0.1, 0.15) is 23.6 Å². The van der Waals surface area contributed by atoms with Crippen LogP contribution in [0.5, 0.6) is 0 Å². The van der Waals surface area contributed by atoms with E-state index >= 15 is 0 Å². The van der Waals surface area contributed by atoms with Gasteiger partial charge in [-0.3, -0.25) is 13.9 Å². The van der Waals surface area contributed by atoms with Gasteiger partial charge in [-0.25, -0.2) is 12.8 Å². The number of rotatable bonds is 11. The summed E-state index contributed by atoms with van der Waals surface area (Å²) < 4.78 is 81.0. The number of carbonyl (C=O) groups excluding carboxylic acids is 2. The molecule has 0 saturated carbocycles. The molecular formula is C28H28ClF4N3O4S. The van der Waals surface area contributed by atoms with Crippen LogP contribution < -0.4 is 9.62 Å². The first-order valence-corrected chi connectivity index (χ1v) is 14.6. The van der Waals surface area contributed by atoms with Crippen LogP contribution in [0, 0.1) is 5.82 Å². The second-order valence-electron chi connectivity index (χ2n) is 9.15. The van der Waals surface area contributed by atoms with E-state index in [0.29, 0.717) is 28.3 Å². The molecule has 41 heavy (non-hydrogen) atoms. The van der Waals surface area contributed by atoms with Gasteiger partial charge in [-0.05, 0) is 36.8 Å².